The first-order valence-corrected chi connectivity index (χ1v) is 28.1. The first kappa shape index (κ1) is 54.9. The van der Waals surface area contributed by atoms with Gasteiger partial charge in [0.1, 0.15) is 29.6 Å². The van der Waals surface area contributed by atoms with Crippen molar-refractivity contribution in [1.82, 2.24) is 40.6 Å². The zero-order chi connectivity index (χ0) is 53.9. The number of benzene rings is 3. The SMILES string of the molecule is Cc1ncsc1-c1ccc([C@H](C)NC(=O)[C@@H]2C[C@@H](O)CN2C(=O)[C@@H](NC(=O)CC2(CNC(=O)c3ccc(-c4nn(C5CCCCO5)c5ccc(O[C@H](C)c6c(Cl)cncc6Cl)cc45)cc3)CCCCC2)C(C)(C)C)cc1. The number of likely N-dealkylation sites (tertiary alicyclic amines) is 1. The van der Waals surface area contributed by atoms with Crippen molar-refractivity contribution >= 4 is 69.1 Å². The molecule has 2 aliphatic heterocycles. The number of carbonyl (C=O) groups excluding carboxylic acids is 4. The van der Waals surface area contributed by atoms with Crippen molar-refractivity contribution in [3.8, 4) is 27.4 Å². The van der Waals surface area contributed by atoms with E-state index in [1.165, 1.54) is 4.90 Å². The summed E-state index contributed by atoms with van der Waals surface area (Å²) in [5.74, 6) is -0.769. The third kappa shape index (κ3) is 12.3. The van der Waals surface area contributed by atoms with Crippen molar-refractivity contribution in [2.24, 2.45) is 10.8 Å². The Kier molecular flexibility index (Phi) is 16.9. The van der Waals surface area contributed by atoms with Gasteiger partial charge in [-0.1, -0.05) is 99.6 Å². The van der Waals surface area contributed by atoms with E-state index < -0.39 is 41.0 Å². The molecule has 1 unspecified atom stereocenters. The third-order valence-electron chi connectivity index (χ3n) is 15.3. The van der Waals surface area contributed by atoms with Crippen molar-refractivity contribution in [3.05, 3.63) is 117 Å². The highest BCUT2D eigenvalue weighted by Gasteiger charge is 2.46. The molecule has 6 atom stereocenters. The van der Waals surface area contributed by atoms with Gasteiger partial charge in [-0.3, -0.25) is 24.2 Å². The van der Waals surface area contributed by atoms with Crippen molar-refractivity contribution in [3.63, 3.8) is 0 Å². The van der Waals surface area contributed by atoms with E-state index in [1.807, 2.05) is 106 Å². The van der Waals surface area contributed by atoms with Gasteiger partial charge < -0.3 is 35.4 Å². The monoisotopic (exact) mass is 1090 g/mol. The predicted octanol–water partition coefficient (Wildman–Crippen LogP) is 11.1. The highest BCUT2D eigenvalue weighted by molar-refractivity contribution is 7.13. The van der Waals surface area contributed by atoms with E-state index >= 15 is 0 Å². The van der Waals surface area contributed by atoms with Gasteiger partial charge in [-0.25, -0.2) is 9.67 Å². The van der Waals surface area contributed by atoms with Crippen LogP contribution in [-0.4, -0.2) is 91.3 Å². The van der Waals surface area contributed by atoms with Gasteiger partial charge in [-0.05, 0) is 105 Å². The van der Waals surface area contributed by atoms with E-state index in [1.54, 1.807) is 35.9 Å². The van der Waals surface area contributed by atoms with Gasteiger partial charge >= 0.3 is 0 Å². The number of aromatic nitrogens is 4. The molecule has 18 heteroatoms. The maximum Gasteiger partial charge on any atom is 0.251 e. The van der Waals surface area contributed by atoms with Crippen molar-refractivity contribution in [2.75, 3.05) is 19.7 Å². The average Bonchev–Trinajstić information content (AvgIpc) is 4.16. The van der Waals surface area contributed by atoms with E-state index in [-0.39, 0.29) is 55.9 Å². The van der Waals surface area contributed by atoms with Crippen LogP contribution in [0.2, 0.25) is 10.0 Å². The van der Waals surface area contributed by atoms with Crippen molar-refractivity contribution in [2.45, 2.75) is 142 Å². The normalized spacial score (nSPS) is 19.9. The molecule has 15 nitrogen and oxygen atoms in total. The summed E-state index contributed by atoms with van der Waals surface area (Å²) in [4.78, 5) is 67.7. The Balaban J connectivity index is 0.861. The fourth-order valence-corrected chi connectivity index (χ4v) is 12.5. The summed E-state index contributed by atoms with van der Waals surface area (Å²) in [6.07, 6.45) is 8.82. The average molecular weight is 1090 g/mol. The van der Waals surface area contributed by atoms with Crippen LogP contribution in [0.4, 0.5) is 0 Å². The van der Waals surface area contributed by atoms with Crippen LogP contribution in [0.5, 0.6) is 5.75 Å². The summed E-state index contributed by atoms with van der Waals surface area (Å²) >= 11 is 14.5. The summed E-state index contributed by atoms with van der Waals surface area (Å²) in [6, 6.07) is 18.9. The fourth-order valence-electron chi connectivity index (χ4n) is 11.1. The molecule has 0 radical (unpaired) electrons. The number of halogens is 2. The molecule has 6 aromatic rings. The second-order valence-electron chi connectivity index (χ2n) is 21.9. The van der Waals surface area contributed by atoms with Gasteiger partial charge in [0.15, 0.2) is 6.23 Å². The summed E-state index contributed by atoms with van der Waals surface area (Å²) in [7, 11) is 0. The van der Waals surface area contributed by atoms with E-state index in [4.69, 9.17) is 37.8 Å². The van der Waals surface area contributed by atoms with Crippen LogP contribution < -0.4 is 20.7 Å². The first-order valence-electron chi connectivity index (χ1n) is 26.4. The molecule has 0 spiro atoms. The van der Waals surface area contributed by atoms with Crippen LogP contribution in [0.1, 0.15) is 144 Å². The number of aliphatic hydroxyl groups excluding tert-OH is 1. The fraction of sp³-hybridized carbons (Fsp3) is 0.466. The molecule has 76 heavy (non-hydrogen) atoms. The van der Waals surface area contributed by atoms with Crippen LogP contribution in [0.3, 0.4) is 0 Å². The number of hydrogen-bond acceptors (Lipinski definition) is 11. The van der Waals surface area contributed by atoms with Crippen LogP contribution in [0.25, 0.3) is 32.6 Å². The number of aryl methyl sites for hydroxylation is 1. The second kappa shape index (κ2) is 23.4. The second-order valence-corrected chi connectivity index (χ2v) is 23.6. The molecule has 2 saturated heterocycles. The largest absolute Gasteiger partial charge is 0.486 e. The Labute approximate surface area is 458 Å². The number of thiazole rings is 1. The molecule has 402 valence electrons. The number of β-amino-alcohol motifs (C(OH)–C–C–N with tert-alkyl or cyclic N) is 1. The lowest BCUT2D eigenvalue weighted by atomic mass is 9.71. The smallest absolute Gasteiger partial charge is 0.251 e. The highest BCUT2D eigenvalue weighted by atomic mass is 35.5. The molecule has 4 N–H and O–H groups in total. The van der Waals surface area contributed by atoms with Gasteiger partial charge in [0.2, 0.25) is 17.7 Å². The lowest BCUT2D eigenvalue weighted by Crippen LogP contribution is -2.58. The third-order valence-corrected chi connectivity index (χ3v) is 16.9. The molecular formula is C58H68Cl2N8O7S. The number of amides is 4. The highest BCUT2D eigenvalue weighted by Crippen LogP contribution is 2.41. The van der Waals surface area contributed by atoms with Crippen LogP contribution in [0.15, 0.2) is 84.6 Å². The quantitative estimate of drug-likeness (QED) is 0.0726. The number of nitrogens with zero attached hydrogens (tertiary/aromatic N) is 5. The number of fused-ring (bicyclic) bond motifs is 1. The van der Waals surface area contributed by atoms with E-state index in [2.05, 4.69) is 25.9 Å². The van der Waals surface area contributed by atoms with E-state index in [0.29, 0.717) is 39.2 Å². The maximum atomic E-state index is 14.6. The summed E-state index contributed by atoms with van der Waals surface area (Å²) in [5, 5.41) is 27.0. The van der Waals surface area contributed by atoms with Gasteiger partial charge in [0, 0.05) is 67.0 Å². The lowest BCUT2D eigenvalue weighted by Gasteiger charge is -2.39. The Morgan fingerprint density at radius 2 is 1.63 bits per heavy atom. The van der Waals surface area contributed by atoms with Crippen molar-refractivity contribution in [1.29, 1.82) is 0 Å². The molecule has 0 bridgehead atoms. The zero-order valence-electron chi connectivity index (χ0n) is 44.0. The number of hydrogen-bond donors (Lipinski definition) is 4. The van der Waals surface area contributed by atoms with E-state index in [9.17, 15) is 24.3 Å². The Morgan fingerprint density at radius 3 is 2.29 bits per heavy atom. The van der Waals surface area contributed by atoms with Gasteiger partial charge in [-0.2, -0.15) is 5.10 Å². The molecule has 3 fully saturated rings. The number of nitrogens with one attached hydrogen (secondary N) is 3. The number of aliphatic hydroxyl groups is 1. The number of carbonyl (C=O) groups is 4. The molecule has 3 aliphatic rings. The molecule has 5 heterocycles. The predicted molar refractivity (Wildman–Crippen MR) is 296 cm³/mol. The Morgan fingerprint density at radius 1 is 0.921 bits per heavy atom. The topological polar surface area (TPSA) is 190 Å². The van der Waals surface area contributed by atoms with Gasteiger partial charge in [-0.15, -0.1) is 11.3 Å². The minimum absolute atomic E-state index is 0.0299. The molecular weight excluding hydrogens is 1020 g/mol. The Hall–Kier alpha value is -5.91. The van der Waals surface area contributed by atoms with Crippen molar-refractivity contribution < 1.29 is 33.8 Å². The molecule has 3 aromatic carbocycles. The number of pyridine rings is 1. The van der Waals surface area contributed by atoms with Crippen LogP contribution in [0, 0.1) is 17.8 Å². The molecule has 4 amide bonds. The summed E-state index contributed by atoms with van der Waals surface area (Å²) in [5.41, 5.74) is 6.95. The zero-order valence-corrected chi connectivity index (χ0v) is 46.4. The minimum atomic E-state index is -0.985. The molecule has 1 aliphatic carbocycles. The Bertz CT molecular complexity index is 3030. The summed E-state index contributed by atoms with van der Waals surface area (Å²) < 4.78 is 14.5. The first-order chi connectivity index (χ1) is 36.4. The van der Waals surface area contributed by atoms with Crippen LogP contribution >= 0.6 is 34.5 Å². The van der Waals surface area contributed by atoms with Crippen LogP contribution in [-0.2, 0) is 19.1 Å². The minimum Gasteiger partial charge on any atom is -0.486 e. The van der Waals surface area contributed by atoms with Gasteiger partial charge in [0.25, 0.3) is 5.91 Å². The lowest BCUT2D eigenvalue weighted by molar-refractivity contribution is -0.144. The van der Waals surface area contributed by atoms with Gasteiger partial charge in [0.05, 0.1) is 43.8 Å². The standard InChI is InChI=1S/C58H68Cl2N8O7S/c1-34(37-13-17-39(18-14-37)52-35(2)63-33-76-52)64-55(72)47-26-41(69)31-67(47)56(73)53(57(4,5)6)65-48(70)28-58(23-9-7-10-24-58)32-62-54(71)40-19-15-38(16-20-40)51-43-27-42(75-36(3)50-44(59)29-61-30-45(50)60)21-22-46(43)68(66-51)49-12-8-11-25-74-49/h13-22,27,29-30,33-34,36,41,47,49,53,69H,7-12,23-26,28,31-32H2,1-6H3,(H,62,71)(H,64,72)(H,65,70)/t34-,36+,41+,47-,49?,53+/m0/s1. The molecule has 9 rings (SSSR count). The number of ether oxygens (including phenoxy) is 2. The summed E-state index contributed by atoms with van der Waals surface area (Å²) in [6.45, 7) is 12.3. The molecule has 1 saturated carbocycles. The van der Waals surface area contributed by atoms with E-state index in [0.717, 1.165) is 89.5 Å². The molecule has 3 aromatic heterocycles. The number of rotatable bonds is 16. The maximum absolute atomic E-state index is 14.6.